The van der Waals surface area contributed by atoms with Crippen molar-refractivity contribution in [3.63, 3.8) is 0 Å². The highest BCUT2D eigenvalue weighted by molar-refractivity contribution is 6.35. The largest absolute Gasteiger partial charge is 0.379 e. The second-order valence-corrected chi connectivity index (χ2v) is 4.62. The van der Waals surface area contributed by atoms with Crippen molar-refractivity contribution in [2.45, 2.75) is 27.1 Å². The Morgan fingerprint density at radius 2 is 1.72 bits per heavy atom. The van der Waals surface area contributed by atoms with Crippen molar-refractivity contribution in [1.29, 1.82) is 0 Å². The van der Waals surface area contributed by atoms with Gasteiger partial charge in [0.1, 0.15) is 0 Å². The molecule has 0 unspecified atom stereocenters. The average Bonchev–Trinajstić information content (AvgIpc) is 2.32. The summed E-state index contributed by atoms with van der Waals surface area (Å²) in [5.74, 6) is 0. The fourth-order valence-corrected chi connectivity index (χ4v) is 1.96. The van der Waals surface area contributed by atoms with Gasteiger partial charge in [-0.25, -0.2) is 0 Å². The Labute approximate surface area is 118 Å². The lowest BCUT2D eigenvalue weighted by Gasteiger charge is -2.19. The first-order valence-electron chi connectivity index (χ1n) is 6.01. The monoisotopic (exact) mass is 291 g/mol. The van der Waals surface area contributed by atoms with E-state index in [2.05, 4.69) is 5.32 Å². The molecule has 0 fully saturated rings. The molecule has 102 valence electrons. The van der Waals surface area contributed by atoms with Crippen molar-refractivity contribution < 1.29 is 9.47 Å². The van der Waals surface area contributed by atoms with Crippen LogP contribution in [0.4, 0.5) is 5.69 Å². The number of anilines is 1. The number of hydrogen-bond donors (Lipinski definition) is 1. The average molecular weight is 292 g/mol. The summed E-state index contributed by atoms with van der Waals surface area (Å²) in [5, 5.41) is 4.51. The maximum Gasteiger partial charge on any atom is 0.174 e. The summed E-state index contributed by atoms with van der Waals surface area (Å²) < 4.78 is 10.9. The van der Waals surface area contributed by atoms with Crippen LogP contribution in [0.5, 0.6) is 0 Å². The van der Waals surface area contributed by atoms with Crippen LogP contribution in [0.15, 0.2) is 12.1 Å². The normalized spacial score (nSPS) is 11.0. The third-order valence-electron chi connectivity index (χ3n) is 2.41. The molecule has 0 aliphatic rings. The second-order valence-electron chi connectivity index (χ2n) is 3.80. The van der Waals surface area contributed by atoms with Gasteiger partial charge in [0.15, 0.2) is 6.29 Å². The molecule has 1 rings (SSSR count). The molecular formula is C13H19Cl2NO2. The molecule has 0 heterocycles. The molecule has 0 saturated heterocycles. The summed E-state index contributed by atoms with van der Waals surface area (Å²) in [4.78, 5) is 0. The minimum Gasteiger partial charge on any atom is -0.379 e. The smallest absolute Gasteiger partial charge is 0.174 e. The SMILES string of the molecule is CCOC(CNc1cc(Cl)c(C)cc1Cl)OCC. The summed E-state index contributed by atoms with van der Waals surface area (Å²) in [7, 11) is 0. The van der Waals surface area contributed by atoms with Crippen LogP contribution in [-0.2, 0) is 9.47 Å². The molecule has 5 heteroatoms. The van der Waals surface area contributed by atoms with E-state index < -0.39 is 0 Å². The summed E-state index contributed by atoms with van der Waals surface area (Å²) in [6.07, 6.45) is -0.281. The van der Waals surface area contributed by atoms with Crippen LogP contribution in [0.25, 0.3) is 0 Å². The van der Waals surface area contributed by atoms with Crippen molar-refractivity contribution >= 4 is 28.9 Å². The lowest BCUT2D eigenvalue weighted by molar-refractivity contribution is -0.126. The highest BCUT2D eigenvalue weighted by Gasteiger charge is 2.10. The van der Waals surface area contributed by atoms with Gasteiger partial charge in [-0.15, -0.1) is 0 Å². The Balaban J connectivity index is 2.64. The first kappa shape index (κ1) is 15.6. The van der Waals surface area contributed by atoms with Crippen LogP contribution in [0.1, 0.15) is 19.4 Å². The molecule has 0 radical (unpaired) electrons. The highest BCUT2D eigenvalue weighted by atomic mass is 35.5. The molecule has 1 aromatic rings. The van der Waals surface area contributed by atoms with Gasteiger partial charge in [-0.3, -0.25) is 0 Å². The molecular weight excluding hydrogens is 273 g/mol. The summed E-state index contributed by atoms with van der Waals surface area (Å²) >= 11 is 12.2. The summed E-state index contributed by atoms with van der Waals surface area (Å²) in [6, 6.07) is 3.65. The molecule has 0 amide bonds. The van der Waals surface area contributed by atoms with Crippen molar-refractivity contribution in [3.8, 4) is 0 Å². The van der Waals surface area contributed by atoms with Crippen LogP contribution in [0, 0.1) is 6.92 Å². The first-order chi connectivity index (χ1) is 8.58. The number of halogens is 2. The Morgan fingerprint density at radius 3 is 2.28 bits per heavy atom. The summed E-state index contributed by atoms with van der Waals surface area (Å²) in [6.45, 7) is 7.52. The van der Waals surface area contributed by atoms with Crippen molar-refractivity contribution in [2.75, 3.05) is 25.1 Å². The molecule has 0 aromatic heterocycles. The maximum atomic E-state index is 6.14. The van der Waals surface area contributed by atoms with Crippen LogP contribution in [-0.4, -0.2) is 26.0 Å². The summed E-state index contributed by atoms with van der Waals surface area (Å²) in [5.41, 5.74) is 1.75. The minimum atomic E-state index is -0.281. The van der Waals surface area contributed by atoms with E-state index in [1.807, 2.05) is 32.9 Å². The van der Waals surface area contributed by atoms with E-state index in [4.69, 9.17) is 32.7 Å². The number of benzene rings is 1. The number of nitrogens with one attached hydrogen (secondary N) is 1. The van der Waals surface area contributed by atoms with Gasteiger partial charge in [0.2, 0.25) is 0 Å². The van der Waals surface area contributed by atoms with Gasteiger partial charge in [0, 0.05) is 18.2 Å². The van der Waals surface area contributed by atoms with Gasteiger partial charge in [-0.2, -0.15) is 0 Å². The zero-order chi connectivity index (χ0) is 13.5. The van der Waals surface area contributed by atoms with E-state index in [1.165, 1.54) is 0 Å². The number of aryl methyl sites for hydroxylation is 1. The predicted octanol–water partition coefficient (Wildman–Crippen LogP) is 4.11. The molecule has 0 spiro atoms. The second kappa shape index (κ2) is 7.85. The quantitative estimate of drug-likeness (QED) is 0.767. The topological polar surface area (TPSA) is 30.5 Å². The molecule has 0 saturated carbocycles. The van der Waals surface area contributed by atoms with Gasteiger partial charge in [-0.05, 0) is 38.5 Å². The van der Waals surface area contributed by atoms with Crippen molar-refractivity contribution in [1.82, 2.24) is 0 Å². The Bertz CT molecular complexity index is 379. The van der Waals surface area contributed by atoms with E-state index >= 15 is 0 Å². The predicted molar refractivity (Wildman–Crippen MR) is 76.7 cm³/mol. The third-order valence-corrected chi connectivity index (χ3v) is 3.13. The van der Waals surface area contributed by atoms with Crippen molar-refractivity contribution in [3.05, 3.63) is 27.7 Å². The molecule has 0 aliphatic carbocycles. The number of ether oxygens (including phenoxy) is 2. The fraction of sp³-hybridized carbons (Fsp3) is 0.538. The van der Waals surface area contributed by atoms with E-state index in [0.29, 0.717) is 29.8 Å². The fourth-order valence-electron chi connectivity index (χ4n) is 1.51. The molecule has 0 aliphatic heterocycles. The Morgan fingerprint density at radius 1 is 1.11 bits per heavy atom. The lowest BCUT2D eigenvalue weighted by Crippen LogP contribution is -2.26. The van der Waals surface area contributed by atoms with Crippen LogP contribution < -0.4 is 5.32 Å². The number of hydrogen-bond acceptors (Lipinski definition) is 3. The van der Waals surface area contributed by atoms with Crippen LogP contribution in [0.2, 0.25) is 10.0 Å². The molecule has 1 aromatic carbocycles. The lowest BCUT2D eigenvalue weighted by atomic mass is 10.2. The minimum absolute atomic E-state index is 0.281. The molecule has 1 N–H and O–H groups in total. The standard InChI is InChI=1S/C13H19Cl2NO2/c1-4-17-13(18-5-2)8-16-12-7-10(14)9(3)6-11(12)15/h6-7,13,16H,4-5,8H2,1-3H3. The Kier molecular flexibility index (Phi) is 6.79. The highest BCUT2D eigenvalue weighted by Crippen LogP contribution is 2.28. The zero-order valence-electron chi connectivity index (χ0n) is 10.9. The van der Waals surface area contributed by atoms with Crippen LogP contribution in [0.3, 0.4) is 0 Å². The molecule has 18 heavy (non-hydrogen) atoms. The molecule has 0 bridgehead atoms. The Hall–Kier alpha value is -0.480. The molecule has 3 nitrogen and oxygen atoms in total. The third kappa shape index (κ3) is 4.65. The van der Waals surface area contributed by atoms with Crippen molar-refractivity contribution in [2.24, 2.45) is 0 Å². The molecule has 0 atom stereocenters. The van der Waals surface area contributed by atoms with E-state index in [0.717, 1.165) is 11.3 Å². The van der Waals surface area contributed by atoms with Gasteiger partial charge in [0.05, 0.1) is 17.3 Å². The van der Waals surface area contributed by atoms with E-state index in [-0.39, 0.29) is 6.29 Å². The van der Waals surface area contributed by atoms with Crippen LogP contribution >= 0.6 is 23.2 Å². The van der Waals surface area contributed by atoms with E-state index in [9.17, 15) is 0 Å². The van der Waals surface area contributed by atoms with Gasteiger partial charge in [-0.1, -0.05) is 23.2 Å². The van der Waals surface area contributed by atoms with Gasteiger partial charge < -0.3 is 14.8 Å². The number of rotatable bonds is 7. The van der Waals surface area contributed by atoms with Gasteiger partial charge >= 0.3 is 0 Å². The van der Waals surface area contributed by atoms with Gasteiger partial charge in [0.25, 0.3) is 0 Å². The van der Waals surface area contributed by atoms with E-state index in [1.54, 1.807) is 0 Å². The zero-order valence-corrected chi connectivity index (χ0v) is 12.4. The maximum absolute atomic E-state index is 6.14. The first-order valence-corrected chi connectivity index (χ1v) is 6.76.